The maximum Gasteiger partial charge on any atom is 0.306 e. The zero-order valence-electron chi connectivity index (χ0n) is 18.5. The lowest BCUT2D eigenvalue weighted by Crippen LogP contribution is -2.36. The fraction of sp³-hybridized carbons (Fsp3) is 0.640. The van der Waals surface area contributed by atoms with Gasteiger partial charge in [0.25, 0.3) is 5.56 Å². The van der Waals surface area contributed by atoms with Crippen molar-refractivity contribution in [2.45, 2.75) is 84.3 Å². The molecule has 1 unspecified atom stereocenters. The van der Waals surface area contributed by atoms with Crippen LogP contribution in [0.2, 0.25) is 0 Å². The van der Waals surface area contributed by atoms with Crippen LogP contribution in [0, 0.1) is 17.8 Å². The summed E-state index contributed by atoms with van der Waals surface area (Å²) in [5.74, 6) is 2.49. The van der Waals surface area contributed by atoms with Crippen LogP contribution in [0.25, 0.3) is 10.9 Å². The minimum Gasteiger partial charge on any atom is -0.462 e. The largest absolute Gasteiger partial charge is 0.462 e. The van der Waals surface area contributed by atoms with Crippen LogP contribution >= 0.6 is 0 Å². The number of rotatable bonds is 5. The molecule has 5 heteroatoms. The molecule has 0 saturated heterocycles. The van der Waals surface area contributed by atoms with Gasteiger partial charge >= 0.3 is 5.97 Å². The standard InChI is InChI=1S/C25H34N2O3/c1-16(2)19-12-10-17(3)15-22(19)30-23(28)13-11-18-7-6-14-27-24(18)26-21-9-5-4-8-20(21)25(27)29/h4-5,8-9,16-19,22H,6-7,10-15H2,1-3H3/t17-,18+,19?,22-/m1/s1. The van der Waals surface area contributed by atoms with Crippen molar-refractivity contribution in [2.75, 3.05) is 0 Å². The van der Waals surface area contributed by atoms with Gasteiger partial charge < -0.3 is 4.74 Å². The normalized spacial score (nSPS) is 26.5. The van der Waals surface area contributed by atoms with Gasteiger partial charge in [-0.05, 0) is 62.0 Å². The summed E-state index contributed by atoms with van der Waals surface area (Å²) in [7, 11) is 0. The van der Waals surface area contributed by atoms with E-state index >= 15 is 0 Å². The van der Waals surface area contributed by atoms with Crippen LogP contribution in [0.3, 0.4) is 0 Å². The van der Waals surface area contributed by atoms with E-state index < -0.39 is 0 Å². The number of nitrogens with zero attached hydrogens (tertiary/aromatic N) is 2. The fourth-order valence-corrected chi connectivity index (χ4v) is 5.38. The number of carbonyl (C=O) groups is 1. The molecule has 5 nitrogen and oxygen atoms in total. The van der Waals surface area contributed by atoms with E-state index in [-0.39, 0.29) is 23.6 Å². The summed E-state index contributed by atoms with van der Waals surface area (Å²) >= 11 is 0. The smallest absolute Gasteiger partial charge is 0.306 e. The molecule has 2 heterocycles. The number of para-hydroxylation sites is 1. The van der Waals surface area contributed by atoms with Crippen molar-refractivity contribution in [3.8, 4) is 0 Å². The number of ether oxygens (including phenoxy) is 1. The third kappa shape index (κ3) is 4.30. The Bertz CT molecular complexity index is 965. The van der Waals surface area contributed by atoms with Crippen LogP contribution in [0.15, 0.2) is 29.1 Å². The van der Waals surface area contributed by atoms with Crippen LogP contribution in [-0.4, -0.2) is 21.6 Å². The molecule has 0 N–H and O–H groups in total. The highest BCUT2D eigenvalue weighted by molar-refractivity contribution is 5.77. The molecule has 1 aliphatic carbocycles. The molecular formula is C25H34N2O3. The van der Waals surface area contributed by atoms with Gasteiger partial charge in [0.2, 0.25) is 0 Å². The Hall–Kier alpha value is -2.17. The van der Waals surface area contributed by atoms with Gasteiger partial charge in [-0.1, -0.05) is 39.3 Å². The second kappa shape index (κ2) is 8.91. The van der Waals surface area contributed by atoms with E-state index in [9.17, 15) is 9.59 Å². The predicted octanol–water partition coefficient (Wildman–Crippen LogP) is 5.06. The highest BCUT2D eigenvalue weighted by Gasteiger charge is 2.33. The van der Waals surface area contributed by atoms with E-state index in [0.717, 1.165) is 37.0 Å². The molecule has 1 aromatic carbocycles. The lowest BCUT2D eigenvalue weighted by Gasteiger charge is -2.36. The molecule has 2 aliphatic rings. The Kier molecular flexibility index (Phi) is 6.26. The van der Waals surface area contributed by atoms with Crippen LogP contribution in [0.4, 0.5) is 0 Å². The summed E-state index contributed by atoms with van der Waals surface area (Å²) < 4.78 is 7.80. The number of esters is 1. The SMILES string of the molecule is CC(C)C1CC[C@@H](C)C[C@H]1OC(=O)CC[C@@H]1CCCn2c1nc1ccccc1c2=O. The maximum absolute atomic E-state index is 12.9. The minimum absolute atomic E-state index is 0.0406. The van der Waals surface area contributed by atoms with Crippen LogP contribution in [-0.2, 0) is 16.1 Å². The number of hydrogen-bond acceptors (Lipinski definition) is 4. The number of fused-ring (bicyclic) bond motifs is 2. The van der Waals surface area contributed by atoms with E-state index in [1.165, 1.54) is 6.42 Å². The first-order valence-corrected chi connectivity index (χ1v) is 11.6. The van der Waals surface area contributed by atoms with E-state index in [1.54, 1.807) is 0 Å². The zero-order valence-corrected chi connectivity index (χ0v) is 18.5. The molecule has 1 fully saturated rings. The highest BCUT2D eigenvalue weighted by atomic mass is 16.5. The van der Waals surface area contributed by atoms with Gasteiger partial charge in [-0.15, -0.1) is 0 Å². The number of hydrogen-bond donors (Lipinski definition) is 0. The van der Waals surface area contributed by atoms with Gasteiger partial charge in [0.05, 0.1) is 10.9 Å². The number of benzene rings is 1. The summed E-state index contributed by atoms with van der Waals surface area (Å²) in [5, 5.41) is 0.674. The molecule has 0 radical (unpaired) electrons. The summed E-state index contributed by atoms with van der Waals surface area (Å²) in [5.41, 5.74) is 0.790. The first-order chi connectivity index (χ1) is 14.4. The molecular weight excluding hydrogens is 376 g/mol. The van der Waals surface area contributed by atoms with Crippen LogP contribution < -0.4 is 5.56 Å². The van der Waals surface area contributed by atoms with Crippen LogP contribution in [0.1, 0.15) is 77.5 Å². The predicted molar refractivity (Wildman–Crippen MR) is 118 cm³/mol. The molecule has 2 aromatic rings. The molecule has 4 atom stereocenters. The lowest BCUT2D eigenvalue weighted by molar-refractivity contribution is -0.156. The van der Waals surface area contributed by atoms with Gasteiger partial charge in [-0.25, -0.2) is 4.98 Å². The van der Waals surface area contributed by atoms with Gasteiger partial charge in [0.15, 0.2) is 0 Å². The van der Waals surface area contributed by atoms with E-state index in [1.807, 2.05) is 28.8 Å². The summed E-state index contributed by atoms with van der Waals surface area (Å²) in [6.45, 7) is 7.43. The minimum atomic E-state index is -0.0972. The second-order valence-electron chi connectivity index (χ2n) is 9.68. The van der Waals surface area contributed by atoms with Gasteiger partial charge in [-0.3, -0.25) is 14.2 Å². The molecule has 30 heavy (non-hydrogen) atoms. The van der Waals surface area contributed by atoms with Crippen molar-refractivity contribution in [3.05, 3.63) is 40.4 Å². The summed E-state index contributed by atoms with van der Waals surface area (Å²) in [6.07, 6.45) is 6.39. The van der Waals surface area contributed by atoms with Crippen molar-refractivity contribution in [1.29, 1.82) is 0 Å². The van der Waals surface area contributed by atoms with E-state index in [2.05, 4.69) is 20.8 Å². The van der Waals surface area contributed by atoms with Crippen molar-refractivity contribution < 1.29 is 9.53 Å². The third-order valence-electron chi connectivity index (χ3n) is 7.13. The Morgan fingerprint density at radius 3 is 2.83 bits per heavy atom. The van der Waals surface area contributed by atoms with E-state index in [0.29, 0.717) is 42.5 Å². The lowest BCUT2D eigenvalue weighted by atomic mass is 9.75. The maximum atomic E-state index is 12.9. The molecule has 0 bridgehead atoms. The van der Waals surface area contributed by atoms with Gasteiger partial charge in [0, 0.05) is 18.9 Å². The Labute approximate surface area is 178 Å². The molecule has 1 aromatic heterocycles. The third-order valence-corrected chi connectivity index (χ3v) is 7.13. The van der Waals surface area contributed by atoms with Crippen LogP contribution in [0.5, 0.6) is 0 Å². The van der Waals surface area contributed by atoms with Gasteiger partial charge in [0.1, 0.15) is 11.9 Å². The average Bonchev–Trinajstić information content (AvgIpc) is 2.72. The fourth-order valence-electron chi connectivity index (χ4n) is 5.38. The second-order valence-corrected chi connectivity index (χ2v) is 9.68. The number of aromatic nitrogens is 2. The quantitative estimate of drug-likeness (QED) is 0.647. The number of carbonyl (C=O) groups excluding carboxylic acids is 1. The molecule has 162 valence electrons. The first-order valence-electron chi connectivity index (χ1n) is 11.6. The Morgan fingerprint density at radius 1 is 1.23 bits per heavy atom. The first kappa shape index (κ1) is 21.1. The average molecular weight is 411 g/mol. The Morgan fingerprint density at radius 2 is 2.03 bits per heavy atom. The van der Waals surface area contributed by atoms with E-state index in [4.69, 9.17) is 9.72 Å². The van der Waals surface area contributed by atoms with Gasteiger partial charge in [-0.2, -0.15) is 0 Å². The van der Waals surface area contributed by atoms with Crippen molar-refractivity contribution in [1.82, 2.24) is 9.55 Å². The summed E-state index contributed by atoms with van der Waals surface area (Å²) in [6, 6.07) is 7.53. The molecule has 1 saturated carbocycles. The zero-order chi connectivity index (χ0) is 21.3. The van der Waals surface area contributed by atoms with Crippen molar-refractivity contribution in [2.24, 2.45) is 17.8 Å². The molecule has 0 amide bonds. The Balaban J connectivity index is 1.45. The topological polar surface area (TPSA) is 61.2 Å². The molecule has 4 rings (SSSR count). The monoisotopic (exact) mass is 410 g/mol. The summed E-state index contributed by atoms with van der Waals surface area (Å²) in [4.78, 5) is 30.4. The molecule has 1 aliphatic heterocycles. The molecule has 0 spiro atoms. The highest BCUT2D eigenvalue weighted by Crippen LogP contribution is 2.36. The van der Waals surface area contributed by atoms with Crippen molar-refractivity contribution in [3.63, 3.8) is 0 Å². The van der Waals surface area contributed by atoms with Crippen molar-refractivity contribution >= 4 is 16.9 Å².